The SMILES string of the molecule is COc1cccc(C(=O)NC2(C(F)(F)F)C(=O)Nc3c2c(=O)[nH]c(=O)n3CCc2ccccc2)c1. The first-order valence-corrected chi connectivity index (χ1v) is 10.3. The number of carbonyl (C=O) groups excluding carboxylic acids is 2. The fourth-order valence-electron chi connectivity index (χ4n) is 3.93. The summed E-state index contributed by atoms with van der Waals surface area (Å²) < 4.78 is 49.3. The number of nitrogens with one attached hydrogen (secondary N) is 3. The summed E-state index contributed by atoms with van der Waals surface area (Å²) in [6.07, 6.45) is -5.20. The monoisotopic (exact) mass is 488 g/mol. The van der Waals surface area contributed by atoms with Gasteiger partial charge in [0.2, 0.25) is 0 Å². The molecule has 0 radical (unpaired) electrons. The van der Waals surface area contributed by atoms with E-state index in [1.54, 1.807) is 35.6 Å². The molecule has 0 aliphatic carbocycles. The van der Waals surface area contributed by atoms with Crippen LogP contribution in [0.5, 0.6) is 5.75 Å². The minimum atomic E-state index is -5.43. The average Bonchev–Trinajstić information content (AvgIpc) is 3.12. The zero-order valence-corrected chi connectivity index (χ0v) is 18.2. The van der Waals surface area contributed by atoms with Gasteiger partial charge in [-0.05, 0) is 30.2 Å². The number of halogens is 3. The second-order valence-corrected chi connectivity index (χ2v) is 7.76. The number of aromatic amines is 1. The molecule has 1 aliphatic rings. The van der Waals surface area contributed by atoms with E-state index in [-0.39, 0.29) is 24.3 Å². The number of benzene rings is 2. The summed E-state index contributed by atoms with van der Waals surface area (Å²) in [5.41, 5.74) is -6.73. The number of alkyl halides is 3. The lowest BCUT2D eigenvalue weighted by Crippen LogP contribution is -2.62. The minimum absolute atomic E-state index is 0.139. The van der Waals surface area contributed by atoms with Crippen LogP contribution in [0.25, 0.3) is 0 Å². The Labute approximate surface area is 195 Å². The van der Waals surface area contributed by atoms with Crippen molar-refractivity contribution in [3.05, 3.63) is 92.1 Å². The second kappa shape index (κ2) is 8.78. The largest absolute Gasteiger partial charge is 0.497 e. The quantitative estimate of drug-likeness (QED) is 0.490. The molecule has 12 heteroatoms. The van der Waals surface area contributed by atoms with Crippen LogP contribution in [0.1, 0.15) is 21.5 Å². The molecule has 0 spiro atoms. The van der Waals surface area contributed by atoms with E-state index in [2.05, 4.69) is 0 Å². The van der Waals surface area contributed by atoms with Crippen molar-refractivity contribution in [2.45, 2.75) is 24.7 Å². The van der Waals surface area contributed by atoms with Gasteiger partial charge in [0.1, 0.15) is 17.1 Å². The summed E-state index contributed by atoms with van der Waals surface area (Å²) >= 11 is 0. The van der Waals surface area contributed by atoms with Gasteiger partial charge in [-0.15, -0.1) is 0 Å². The molecule has 2 amide bonds. The number of nitrogens with zero attached hydrogens (tertiary/aromatic N) is 1. The molecule has 1 aliphatic heterocycles. The first-order valence-electron chi connectivity index (χ1n) is 10.3. The van der Waals surface area contributed by atoms with Crippen molar-refractivity contribution in [2.75, 3.05) is 12.4 Å². The predicted octanol–water partition coefficient (Wildman–Crippen LogP) is 1.93. The number of methoxy groups -OCH3 is 1. The topological polar surface area (TPSA) is 122 Å². The van der Waals surface area contributed by atoms with Crippen LogP contribution in [0.2, 0.25) is 0 Å². The molecule has 1 atom stereocenters. The van der Waals surface area contributed by atoms with E-state index in [1.807, 2.05) is 10.3 Å². The van der Waals surface area contributed by atoms with Gasteiger partial charge in [0.25, 0.3) is 22.9 Å². The van der Waals surface area contributed by atoms with Crippen LogP contribution in [0.15, 0.2) is 64.2 Å². The van der Waals surface area contributed by atoms with Crippen molar-refractivity contribution in [1.82, 2.24) is 14.9 Å². The standard InChI is InChI=1S/C23H19F3N4O5/c1-35-15-9-5-8-14(12-15)18(31)29-22(23(24,25)26)16-17(27-20(22)33)30(21(34)28-19(16)32)11-10-13-6-3-2-4-7-13/h2-9,12H,10-11H2,1H3,(H,27,33)(H,29,31)(H,28,32,34). The highest BCUT2D eigenvalue weighted by molar-refractivity contribution is 6.09. The van der Waals surface area contributed by atoms with Crippen molar-refractivity contribution in [3.8, 4) is 5.75 Å². The number of amides is 2. The van der Waals surface area contributed by atoms with E-state index in [9.17, 15) is 32.3 Å². The molecule has 35 heavy (non-hydrogen) atoms. The fraction of sp³-hybridized carbons (Fsp3) is 0.217. The first kappa shape index (κ1) is 23.8. The van der Waals surface area contributed by atoms with Gasteiger partial charge in [-0.25, -0.2) is 4.79 Å². The highest BCUT2D eigenvalue weighted by Gasteiger charge is 2.68. The van der Waals surface area contributed by atoms with E-state index in [1.165, 1.54) is 31.4 Å². The summed E-state index contributed by atoms with van der Waals surface area (Å²) in [5, 5.41) is 3.71. The number of aryl methyl sites for hydroxylation is 1. The minimum Gasteiger partial charge on any atom is -0.497 e. The van der Waals surface area contributed by atoms with E-state index < -0.39 is 46.2 Å². The molecule has 0 saturated carbocycles. The maximum absolute atomic E-state index is 14.5. The van der Waals surface area contributed by atoms with Crippen LogP contribution < -0.4 is 26.6 Å². The van der Waals surface area contributed by atoms with Crippen LogP contribution in [0, 0.1) is 0 Å². The van der Waals surface area contributed by atoms with Gasteiger partial charge >= 0.3 is 11.9 Å². The number of H-pyrrole nitrogens is 1. The number of aromatic nitrogens is 2. The van der Waals surface area contributed by atoms with Gasteiger partial charge in [-0.3, -0.25) is 23.9 Å². The fourth-order valence-corrected chi connectivity index (χ4v) is 3.93. The highest BCUT2D eigenvalue weighted by Crippen LogP contribution is 2.45. The van der Waals surface area contributed by atoms with Crippen molar-refractivity contribution in [3.63, 3.8) is 0 Å². The summed E-state index contributed by atoms with van der Waals surface area (Å²) in [6.45, 7) is -0.139. The Balaban J connectivity index is 1.82. The molecule has 0 fully saturated rings. The maximum atomic E-state index is 14.5. The van der Waals surface area contributed by atoms with E-state index in [0.717, 1.165) is 10.1 Å². The number of ether oxygens (including phenoxy) is 1. The number of rotatable bonds is 6. The van der Waals surface area contributed by atoms with Gasteiger partial charge < -0.3 is 15.4 Å². The van der Waals surface area contributed by atoms with Gasteiger partial charge in [-0.2, -0.15) is 13.2 Å². The normalized spacial score (nSPS) is 17.0. The van der Waals surface area contributed by atoms with Gasteiger partial charge in [-0.1, -0.05) is 36.4 Å². The smallest absolute Gasteiger partial charge is 0.425 e. The molecule has 2 heterocycles. The molecule has 0 bridgehead atoms. The Kier molecular flexibility index (Phi) is 5.97. The molecule has 3 N–H and O–H groups in total. The van der Waals surface area contributed by atoms with Crippen LogP contribution in [-0.2, 0) is 23.3 Å². The van der Waals surface area contributed by atoms with Gasteiger partial charge in [0.15, 0.2) is 0 Å². The number of carbonyl (C=O) groups is 2. The Morgan fingerprint density at radius 2 is 1.80 bits per heavy atom. The third kappa shape index (κ3) is 4.07. The lowest BCUT2D eigenvalue weighted by Gasteiger charge is -2.30. The Bertz CT molecular complexity index is 1420. The lowest BCUT2D eigenvalue weighted by atomic mass is 9.91. The maximum Gasteiger partial charge on any atom is 0.425 e. The Morgan fingerprint density at radius 1 is 1.09 bits per heavy atom. The van der Waals surface area contributed by atoms with Crippen molar-refractivity contribution in [2.24, 2.45) is 0 Å². The summed E-state index contributed by atoms with van der Waals surface area (Å²) in [4.78, 5) is 52.6. The van der Waals surface area contributed by atoms with Crippen molar-refractivity contribution in [1.29, 1.82) is 0 Å². The zero-order chi connectivity index (χ0) is 25.4. The number of hydrogen-bond donors (Lipinski definition) is 3. The third-order valence-corrected chi connectivity index (χ3v) is 5.67. The molecule has 1 unspecified atom stereocenters. The van der Waals surface area contributed by atoms with Crippen LogP contribution in [0.3, 0.4) is 0 Å². The molecule has 3 aromatic rings. The first-order chi connectivity index (χ1) is 16.6. The molecule has 2 aromatic carbocycles. The van der Waals surface area contributed by atoms with Crippen LogP contribution >= 0.6 is 0 Å². The molecule has 182 valence electrons. The average molecular weight is 488 g/mol. The van der Waals surface area contributed by atoms with Gasteiger partial charge in [0.05, 0.1) is 7.11 Å². The summed E-state index contributed by atoms with van der Waals surface area (Å²) in [5.74, 6) is -3.41. The number of hydrogen-bond acceptors (Lipinski definition) is 5. The molecule has 4 rings (SSSR count). The van der Waals surface area contributed by atoms with E-state index in [0.29, 0.717) is 0 Å². The Hall–Kier alpha value is -4.35. The second-order valence-electron chi connectivity index (χ2n) is 7.76. The number of anilines is 1. The zero-order valence-electron chi connectivity index (χ0n) is 18.2. The van der Waals surface area contributed by atoms with Crippen LogP contribution in [-0.4, -0.2) is 34.7 Å². The molecule has 0 saturated heterocycles. The summed E-state index contributed by atoms with van der Waals surface area (Å²) in [6, 6.07) is 14.0. The molecular weight excluding hydrogens is 469 g/mol. The number of fused-ring (bicyclic) bond motifs is 1. The van der Waals surface area contributed by atoms with Crippen LogP contribution in [0.4, 0.5) is 19.0 Å². The van der Waals surface area contributed by atoms with Crippen molar-refractivity contribution < 1.29 is 27.5 Å². The van der Waals surface area contributed by atoms with E-state index >= 15 is 0 Å². The lowest BCUT2D eigenvalue weighted by molar-refractivity contribution is -0.196. The van der Waals surface area contributed by atoms with Crippen molar-refractivity contribution >= 4 is 17.6 Å². The van der Waals surface area contributed by atoms with Gasteiger partial charge in [0, 0.05) is 12.1 Å². The van der Waals surface area contributed by atoms with E-state index in [4.69, 9.17) is 4.74 Å². The molecule has 1 aromatic heterocycles. The molecular formula is C23H19F3N4O5. The Morgan fingerprint density at radius 3 is 2.46 bits per heavy atom. The third-order valence-electron chi connectivity index (χ3n) is 5.67. The predicted molar refractivity (Wildman–Crippen MR) is 118 cm³/mol. The highest BCUT2D eigenvalue weighted by atomic mass is 19.4. The molecule has 9 nitrogen and oxygen atoms in total. The summed E-state index contributed by atoms with van der Waals surface area (Å²) in [7, 11) is 1.31.